The highest BCUT2D eigenvalue weighted by Crippen LogP contribution is 2.27. The lowest BCUT2D eigenvalue weighted by Gasteiger charge is -2.16. The maximum Gasteiger partial charge on any atom is 0.229 e. The van der Waals surface area contributed by atoms with Crippen molar-refractivity contribution in [3.05, 3.63) is 58.8 Å². The van der Waals surface area contributed by atoms with Crippen LogP contribution in [0.1, 0.15) is 6.42 Å². The first-order chi connectivity index (χ1) is 11.0. The van der Waals surface area contributed by atoms with Gasteiger partial charge in [0.2, 0.25) is 11.8 Å². The number of hydrogen-bond acceptors (Lipinski definition) is 2. The second-order valence-electron chi connectivity index (χ2n) is 5.35. The zero-order valence-corrected chi connectivity index (χ0v) is 13.7. The van der Waals surface area contributed by atoms with Crippen LogP contribution in [-0.2, 0) is 9.59 Å². The molecule has 3 rings (SSSR count). The molecule has 0 spiro atoms. The number of hydrogen-bond donors (Lipinski definition) is 1. The predicted octanol–water partition coefficient (Wildman–Crippen LogP) is 3.58. The van der Waals surface area contributed by atoms with Crippen molar-refractivity contribution in [2.75, 3.05) is 16.8 Å². The van der Waals surface area contributed by atoms with Gasteiger partial charge in [-0.2, -0.15) is 0 Å². The lowest BCUT2D eigenvalue weighted by atomic mass is 10.1. The molecule has 2 aromatic rings. The average molecular weight is 377 g/mol. The molecule has 2 amide bonds. The molecule has 2 aromatic carbocycles. The average Bonchev–Trinajstić information content (AvgIpc) is 2.92. The Hall–Kier alpha value is -2.21. The molecule has 0 bridgehead atoms. The molecule has 1 atom stereocenters. The number of carbonyl (C=O) groups is 2. The Bertz CT molecular complexity index is 749. The number of carbonyl (C=O) groups excluding carboxylic acids is 2. The molecule has 1 fully saturated rings. The molecule has 1 heterocycles. The van der Waals surface area contributed by atoms with Crippen molar-refractivity contribution in [2.24, 2.45) is 5.92 Å². The van der Waals surface area contributed by atoms with Gasteiger partial charge in [-0.1, -0.05) is 12.1 Å². The van der Waals surface area contributed by atoms with Gasteiger partial charge in [0, 0.05) is 23.1 Å². The van der Waals surface area contributed by atoms with Crippen molar-refractivity contribution >= 4 is 39.1 Å². The minimum absolute atomic E-state index is 0.135. The van der Waals surface area contributed by atoms with Crippen molar-refractivity contribution in [1.82, 2.24) is 0 Å². The second kappa shape index (κ2) is 6.50. The molecule has 1 aliphatic heterocycles. The number of nitrogens with one attached hydrogen (secondary N) is 1. The first-order valence-electron chi connectivity index (χ1n) is 7.16. The van der Waals surface area contributed by atoms with E-state index in [2.05, 4.69) is 21.2 Å². The SMILES string of the molecule is O=C(Nc1ccccc1Br)[C@H]1CC(=O)N(c2ccc(F)cc2)C1. The van der Waals surface area contributed by atoms with Gasteiger partial charge < -0.3 is 10.2 Å². The third-order valence-electron chi connectivity index (χ3n) is 3.77. The smallest absolute Gasteiger partial charge is 0.229 e. The molecular weight excluding hydrogens is 363 g/mol. The first kappa shape index (κ1) is 15.7. The number of anilines is 2. The normalized spacial score (nSPS) is 17.4. The molecular formula is C17H14BrFN2O2. The molecule has 0 radical (unpaired) electrons. The third-order valence-corrected chi connectivity index (χ3v) is 4.46. The largest absolute Gasteiger partial charge is 0.325 e. The zero-order chi connectivity index (χ0) is 16.4. The molecule has 0 saturated carbocycles. The molecule has 4 nitrogen and oxygen atoms in total. The van der Waals surface area contributed by atoms with Gasteiger partial charge in [0.05, 0.1) is 11.6 Å². The van der Waals surface area contributed by atoms with Gasteiger partial charge in [-0.25, -0.2) is 4.39 Å². The fourth-order valence-corrected chi connectivity index (χ4v) is 2.94. The predicted molar refractivity (Wildman–Crippen MR) is 89.6 cm³/mol. The molecule has 23 heavy (non-hydrogen) atoms. The van der Waals surface area contributed by atoms with Crippen molar-refractivity contribution < 1.29 is 14.0 Å². The fourth-order valence-electron chi connectivity index (χ4n) is 2.55. The van der Waals surface area contributed by atoms with E-state index in [-0.39, 0.29) is 24.1 Å². The first-order valence-corrected chi connectivity index (χ1v) is 7.95. The Balaban J connectivity index is 1.71. The van der Waals surface area contributed by atoms with Crippen molar-refractivity contribution in [3.63, 3.8) is 0 Å². The summed E-state index contributed by atoms with van der Waals surface area (Å²) >= 11 is 3.37. The van der Waals surface area contributed by atoms with E-state index in [0.29, 0.717) is 17.9 Å². The summed E-state index contributed by atoms with van der Waals surface area (Å²) < 4.78 is 13.8. The molecule has 1 N–H and O–H groups in total. The van der Waals surface area contributed by atoms with Crippen LogP contribution in [0.3, 0.4) is 0 Å². The van der Waals surface area contributed by atoms with Gasteiger partial charge in [0.25, 0.3) is 0 Å². The van der Waals surface area contributed by atoms with Crippen molar-refractivity contribution in [3.8, 4) is 0 Å². The number of amides is 2. The standard InChI is InChI=1S/C17H14BrFN2O2/c18-14-3-1-2-4-15(14)20-17(23)11-9-16(22)21(10-11)13-7-5-12(19)6-8-13/h1-8,11H,9-10H2,(H,20,23)/t11-/m0/s1. The molecule has 1 saturated heterocycles. The van der Waals surface area contributed by atoms with E-state index >= 15 is 0 Å². The molecule has 118 valence electrons. The second-order valence-corrected chi connectivity index (χ2v) is 6.21. The highest BCUT2D eigenvalue weighted by Gasteiger charge is 2.35. The summed E-state index contributed by atoms with van der Waals surface area (Å²) in [5, 5.41) is 2.83. The van der Waals surface area contributed by atoms with E-state index in [1.807, 2.05) is 18.2 Å². The lowest BCUT2D eigenvalue weighted by molar-refractivity contribution is -0.122. The number of nitrogens with zero attached hydrogens (tertiary/aromatic N) is 1. The van der Waals surface area contributed by atoms with Crippen LogP contribution >= 0.6 is 15.9 Å². The van der Waals surface area contributed by atoms with Gasteiger partial charge >= 0.3 is 0 Å². The molecule has 0 unspecified atom stereocenters. The lowest BCUT2D eigenvalue weighted by Crippen LogP contribution is -2.28. The minimum Gasteiger partial charge on any atom is -0.325 e. The summed E-state index contributed by atoms with van der Waals surface area (Å²) in [5.74, 6) is -1.12. The van der Waals surface area contributed by atoms with Crippen LogP contribution in [0.2, 0.25) is 0 Å². The van der Waals surface area contributed by atoms with Crippen molar-refractivity contribution in [1.29, 1.82) is 0 Å². The van der Waals surface area contributed by atoms with Crippen LogP contribution in [0.25, 0.3) is 0 Å². The number of halogens is 2. The van der Waals surface area contributed by atoms with E-state index in [1.54, 1.807) is 18.2 Å². The quantitative estimate of drug-likeness (QED) is 0.889. The van der Waals surface area contributed by atoms with Crippen LogP contribution in [0.4, 0.5) is 15.8 Å². The molecule has 6 heteroatoms. The summed E-state index contributed by atoms with van der Waals surface area (Å²) in [6, 6.07) is 13.0. The Morgan fingerprint density at radius 2 is 1.87 bits per heavy atom. The van der Waals surface area contributed by atoms with E-state index in [0.717, 1.165) is 4.47 Å². The summed E-state index contributed by atoms with van der Waals surface area (Å²) in [6.45, 7) is 0.292. The summed E-state index contributed by atoms with van der Waals surface area (Å²) in [4.78, 5) is 26.0. The molecule has 0 aromatic heterocycles. The molecule has 1 aliphatic rings. The Labute approximate surface area is 141 Å². The Morgan fingerprint density at radius 1 is 1.17 bits per heavy atom. The van der Waals surface area contributed by atoms with Crippen molar-refractivity contribution in [2.45, 2.75) is 6.42 Å². The number of benzene rings is 2. The summed E-state index contributed by atoms with van der Waals surface area (Å²) in [6.07, 6.45) is 0.146. The van der Waals surface area contributed by atoms with Crippen LogP contribution in [0.15, 0.2) is 53.0 Å². The van der Waals surface area contributed by atoms with E-state index in [4.69, 9.17) is 0 Å². The van der Waals surface area contributed by atoms with E-state index in [9.17, 15) is 14.0 Å². The third kappa shape index (κ3) is 3.42. The maximum atomic E-state index is 13.0. The monoisotopic (exact) mass is 376 g/mol. The Kier molecular flexibility index (Phi) is 4.43. The zero-order valence-electron chi connectivity index (χ0n) is 12.1. The van der Waals surface area contributed by atoms with Gasteiger partial charge in [0.1, 0.15) is 5.82 Å². The van der Waals surface area contributed by atoms with Gasteiger partial charge in [-0.15, -0.1) is 0 Å². The van der Waals surface area contributed by atoms with Crippen LogP contribution in [-0.4, -0.2) is 18.4 Å². The van der Waals surface area contributed by atoms with Gasteiger partial charge in [0.15, 0.2) is 0 Å². The highest BCUT2D eigenvalue weighted by atomic mass is 79.9. The summed E-state index contributed by atoms with van der Waals surface area (Å²) in [7, 11) is 0. The number of para-hydroxylation sites is 1. The topological polar surface area (TPSA) is 49.4 Å². The maximum absolute atomic E-state index is 13.0. The van der Waals surface area contributed by atoms with Gasteiger partial charge in [-0.05, 0) is 52.3 Å². The summed E-state index contributed by atoms with van der Waals surface area (Å²) in [5.41, 5.74) is 1.28. The van der Waals surface area contributed by atoms with Crippen LogP contribution < -0.4 is 10.2 Å². The Morgan fingerprint density at radius 3 is 2.57 bits per heavy atom. The van der Waals surface area contributed by atoms with E-state index < -0.39 is 5.92 Å². The number of rotatable bonds is 3. The van der Waals surface area contributed by atoms with Crippen LogP contribution in [0.5, 0.6) is 0 Å². The van der Waals surface area contributed by atoms with Crippen LogP contribution in [0, 0.1) is 11.7 Å². The molecule has 0 aliphatic carbocycles. The van der Waals surface area contributed by atoms with Gasteiger partial charge in [-0.3, -0.25) is 9.59 Å². The fraction of sp³-hybridized carbons (Fsp3) is 0.176. The highest BCUT2D eigenvalue weighted by molar-refractivity contribution is 9.10. The minimum atomic E-state index is -0.431. The van der Waals surface area contributed by atoms with E-state index in [1.165, 1.54) is 17.0 Å².